The lowest BCUT2D eigenvalue weighted by atomic mass is 10.3. The van der Waals surface area contributed by atoms with Crippen molar-refractivity contribution in [2.45, 2.75) is 13.5 Å². The van der Waals surface area contributed by atoms with Gasteiger partial charge in [0.05, 0.1) is 11.9 Å². The Bertz CT molecular complexity index is 476. The zero-order valence-corrected chi connectivity index (χ0v) is 9.05. The topological polar surface area (TPSA) is 46.9 Å². The summed E-state index contributed by atoms with van der Waals surface area (Å²) >= 11 is 0. The monoisotopic (exact) mass is 215 g/mol. The van der Waals surface area contributed by atoms with Crippen molar-refractivity contribution in [1.29, 1.82) is 0 Å². The van der Waals surface area contributed by atoms with Gasteiger partial charge in [0, 0.05) is 25.2 Å². The van der Waals surface area contributed by atoms with Crippen molar-refractivity contribution >= 4 is 5.91 Å². The molecule has 0 atom stereocenters. The first-order chi connectivity index (χ1) is 7.75. The molecule has 1 aromatic heterocycles. The van der Waals surface area contributed by atoms with Crippen molar-refractivity contribution in [3.63, 3.8) is 0 Å². The molecule has 1 amide bonds. The summed E-state index contributed by atoms with van der Waals surface area (Å²) in [6.07, 6.45) is 3.66. The first-order valence-electron chi connectivity index (χ1n) is 5.09. The van der Waals surface area contributed by atoms with Crippen molar-refractivity contribution in [2.75, 3.05) is 0 Å². The number of amides is 1. The number of hydrogen-bond donors (Lipinski definition) is 1. The summed E-state index contributed by atoms with van der Waals surface area (Å²) in [6, 6.07) is 9.85. The highest BCUT2D eigenvalue weighted by molar-refractivity contribution is 5.72. The first kappa shape index (κ1) is 10.4. The van der Waals surface area contributed by atoms with Gasteiger partial charge in [-0.2, -0.15) is 5.10 Å². The Kier molecular flexibility index (Phi) is 3.00. The minimum atomic E-state index is -0.0348. The van der Waals surface area contributed by atoms with Gasteiger partial charge in [0.15, 0.2) is 0 Å². The van der Waals surface area contributed by atoms with E-state index in [2.05, 4.69) is 10.4 Å². The highest BCUT2D eigenvalue weighted by Crippen LogP contribution is 2.07. The van der Waals surface area contributed by atoms with E-state index < -0.39 is 0 Å². The molecule has 0 aliphatic carbocycles. The standard InChI is InChI=1S/C12H13N3O/c1-10(16)13-7-11-8-14-15(9-11)12-5-3-2-4-6-12/h2-6,8-9H,7H2,1H3,(H,13,16). The maximum absolute atomic E-state index is 10.8. The SMILES string of the molecule is CC(=O)NCc1cnn(-c2ccccc2)c1. The third kappa shape index (κ3) is 2.48. The van der Waals surface area contributed by atoms with E-state index >= 15 is 0 Å². The smallest absolute Gasteiger partial charge is 0.217 e. The van der Waals surface area contributed by atoms with Crippen LogP contribution in [-0.4, -0.2) is 15.7 Å². The Morgan fingerprint density at radius 3 is 2.81 bits per heavy atom. The van der Waals surface area contributed by atoms with E-state index in [0.717, 1.165) is 11.3 Å². The summed E-state index contributed by atoms with van der Waals surface area (Å²) in [5.74, 6) is -0.0348. The fourth-order valence-electron chi connectivity index (χ4n) is 1.40. The largest absolute Gasteiger partial charge is 0.352 e. The van der Waals surface area contributed by atoms with Gasteiger partial charge in [-0.25, -0.2) is 4.68 Å². The molecule has 0 bridgehead atoms. The summed E-state index contributed by atoms with van der Waals surface area (Å²) in [5, 5.41) is 6.96. The molecule has 16 heavy (non-hydrogen) atoms. The maximum Gasteiger partial charge on any atom is 0.217 e. The van der Waals surface area contributed by atoms with Crippen molar-refractivity contribution in [3.05, 3.63) is 48.3 Å². The predicted molar refractivity (Wildman–Crippen MR) is 61.1 cm³/mol. The molecule has 0 aliphatic rings. The average Bonchev–Trinajstić information content (AvgIpc) is 2.76. The third-order valence-electron chi connectivity index (χ3n) is 2.20. The van der Waals surface area contributed by atoms with Crippen LogP contribution in [0.5, 0.6) is 0 Å². The molecule has 0 saturated carbocycles. The Labute approximate surface area is 93.9 Å². The number of carbonyl (C=O) groups is 1. The molecule has 0 saturated heterocycles. The summed E-state index contributed by atoms with van der Waals surface area (Å²) in [6.45, 7) is 2.02. The maximum atomic E-state index is 10.8. The van der Waals surface area contributed by atoms with Gasteiger partial charge in [-0.05, 0) is 12.1 Å². The zero-order chi connectivity index (χ0) is 11.4. The van der Waals surface area contributed by atoms with Crippen LogP contribution >= 0.6 is 0 Å². The molecule has 1 aromatic carbocycles. The van der Waals surface area contributed by atoms with Gasteiger partial charge < -0.3 is 5.32 Å². The van der Waals surface area contributed by atoms with E-state index in [4.69, 9.17) is 0 Å². The lowest BCUT2D eigenvalue weighted by Crippen LogP contribution is -2.18. The number of nitrogens with zero attached hydrogens (tertiary/aromatic N) is 2. The lowest BCUT2D eigenvalue weighted by molar-refractivity contribution is -0.119. The molecular formula is C12H13N3O. The molecule has 4 nitrogen and oxygen atoms in total. The van der Waals surface area contributed by atoms with Crippen LogP contribution in [0.15, 0.2) is 42.7 Å². The summed E-state index contributed by atoms with van der Waals surface area (Å²) in [7, 11) is 0. The number of hydrogen-bond acceptors (Lipinski definition) is 2. The van der Waals surface area contributed by atoms with Gasteiger partial charge in [0.25, 0.3) is 0 Å². The Morgan fingerprint density at radius 1 is 1.38 bits per heavy atom. The molecule has 0 radical (unpaired) electrons. The number of para-hydroxylation sites is 1. The number of carbonyl (C=O) groups excluding carboxylic acids is 1. The van der Waals surface area contributed by atoms with E-state index in [1.165, 1.54) is 6.92 Å². The highest BCUT2D eigenvalue weighted by atomic mass is 16.1. The van der Waals surface area contributed by atoms with E-state index in [-0.39, 0.29) is 5.91 Å². The van der Waals surface area contributed by atoms with Crippen molar-refractivity contribution in [2.24, 2.45) is 0 Å². The molecule has 0 unspecified atom stereocenters. The normalized spacial score (nSPS) is 10.1. The Hall–Kier alpha value is -2.10. The van der Waals surface area contributed by atoms with Crippen LogP contribution in [0, 0.1) is 0 Å². The molecule has 0 fully saturated rings. The fourth-order valence-corrected chi connectivity index (χ4v) is 1.40. The van der Waals surface area contributed by atoms with Crippen LogP contribution in [0.3, 0.4) is 0 Å². The highest BCUT2D eigenvalue weighted by Gasteiger charge is 2.00. The predicted octanol–water partition coefficient (Wildman–Crippen LogP) is 1.51. The fraction of sp³-hybridized carbons (Fsp3) is 0.167. The Morgan fingerprint density at radius 2 is 2.12 bits per heavy atom. The van der Waals surface area contributed by atoms with E-state index in [1.807, 2.05) is 36.5 Å². The molecule has 0 spiro atoms. The number of nitrogens with one attached hydrogen (secondary N) is 1. The molecule has 82 valence electrons. The number of benzene rings is 1. The van der Waals surface area contributed by atoms with Crippen LogP contribution in [0.2, 0.25) is 0 Å². The van der Waals surface area contributed by atoms with Gasteiger partial charge in [0.2, 0.25) is 5.91 Å². The zero-order valence-electron chi connectivity index (χ0n) is 9.05. The first-order valence-corrected chi connectivity index (χ1v) is 5.09. The molecule has 0 aliphatic heterocycles. The van der Waals surface area contributed by atoms with Crippen LogP contribution < -0.4 is 5.32 Å². The molecule has 2 rings (SSSR count). The van der Waals surface area contributed by atoms with E-state index in [1.54, 1.807) is 10.9 Å². The number of aromatic nitrogens is 2. The second kappa shape index (κ2) is 4.61. The van der Waals surface area contributed by atoms with Crippen LogP contribution in [0.4, 0.5) is 0 Å². The van der Waals surface area contributed by atoms with E-state index in [9.17, 15) is 4.79 Å². The van der Waals surface area contributed by atoms with Gasteiger partial charge >= 0.3 is 0 Å². The Balaban J connectivity index is 2.11. The van der Waals surface area contributed by atoms with Crippen molar-refractivity contribution in [3.8, 4) is 5.69 Å². The molecule has 2 aromatic rings. The van der Waals surface area contributed by atoms with Gasteiger partial charge in [-0.1, -0.05) is 18.2 Å². The van der Waals surface area contributed by atoms with E-state index in [0.29, 0.717) is 6.54 Å². The van der Waals surface area contributed by atoms with Crippen LogP contribution in [-0.2, 0) is 11.3 Å². The summed E-state index contributed by atoms with van der Waals surface area (Å²) in [4.78, 5) is 10.8. The van der Waals surface area contributed by atoms with Gasteiger partial charge in [-0.3, -0.25) is 4.79 Å². The summed E-state index contributed by atoms with van der Waals surface area (Å²) < 4.78 is 1.79. The molecule has 4 heteroatoms. The molecule has 1 N–H and O–H groups in total. The molecule has 1 heterocycles. The molecular weight excluding hydrogens is 202 g/mol. The third-order valence-corrected chi connectivity index (χ3v) is 2.20. The average molecular weight is 215 g/mol. The van der Waals surface area contributed by atoms with Crippen molar-refractivity contribution < 1.29 is 4.79 Å². The quantitative estimate of drug-likeness (QED) is 0.843. The van der Waals surface area contributed by atoms with Crippen LogP contribution in [0.25, 0.3) is 5.69 Å². The second-order valence-corrected chi connectivity index (χ2v) is 3.54. The minimum Gasteiger partial charge on any atom is -0.352 e. The van der Waals surface area contributed by atoms with Gasteiger partial charge in [0.1, 0.15) is 0 Å². The minimum absolute atomic E-state index is 0.0348. The number of rotatable bonds is 3. The second-order valence-electron chi connectivity index (χ2n) is 3.54. The summed E-state index contributed by atoms with van der Waals surface area (Å²) in [5.41, 5.74) is 2.00. The lowest BCUT2D eigenvalue weighted by Gasteiger charge is -1.99. The van der Waals surface area contributed by atoms with Crippen LogP contribution in [0.1, 0.15) is 12.5 Å². The van der Waals surface area contributed by atoms with Crippen molar-refractivity contribution in [1.82, 2.24) is 15.1 Å². The van der Waals surface area contributed by atoms with Gasteiger partial charge in [-0.15, -0.1) is 0 Å².